The van der Waals surface area contributed by atoms with Gasteiger partial charge in [0.15, 0.2) is 6.61 Å². The number of rotatable bonds is 5. The highest BCUT2D eigenvalue weighted by atomic mass is 35.5. The highest BCUT2D eigenvalue weighted by Gasteiger charge is 2.32. The largest absolute Gasteiger partial charge is 0.482 e. The Bertz CT molecular complexity index is 1260. The van der Waals surface area contributed by atoms with Crippen LogP contribution in [-0.2, 0) is 4.79 Å². The number of aryl methyl sites for hydroxylation is 1. The van der Waals surface area contributed by atoms with Crippen molar-refractivity contribution in [2.24, 2.45) is 5.73 Å². The van der Waals surface area contributed by atoms with Crippen LogP contribution < -0.4 is 19.9 Å². The summed E-state index contributed by atoms with van der Waals surface area (Å²) in [6.45, 7) is 1.65. The number of benzene rings is 3. The maximum Gasteiger partial charge on any atom is 0.349 e. The number of nitrogens with zero attached hydrogens (tertiary/aromatic N) is 1. The van der Waals surface area contributed by atoms with Crippen LogP contribution in [0.2, 0.25) is 5.02 Å². The molecule has 0 aliphatic carbocycles. The van der Waals surface area contributed by atoms with Crippen molar-refractivity contribution in [2.45, 2.75) is 12.8 Å². The molecule has 0 radical (unpaired) electrons. The van der Waals surface area contributed by atoms with Gasteiger partial charge in [0.2, 0.25) is 5.88 Å². The molecule has 0 spiro atoms. The van der Waals surface area contributed by atoms with E-state index in [4.69, 9.17) is 31.5 Å². The molecule has 0 bridgehead atoms. The summed E-state index contributed by atoms with van der Waals surface area (Å²) in [5.74, 6) is 0.198. The fraction of sp³-hybridized carbons (Fsp3) is 0.120. The first-order valence-corrected chi connectivity index (χ1v) is 10.2. The summed E-state index contributed by atoms with van der Waals surface area (Å²) in [5.41, 5.74) is 8.63. The molecule has 0 amide bonds. The summed E-state index contributed by atoms with van der Waals surface area (Å²) in [7, 11) is 0. The molecule has 0 fully saturated rings. The van der Waals surface area contributed by atoms with E-state index < -0.39 is 11.9 Å². The van der Waals surface area contributed by atoms with Gasteiger partial charge in [-0.1, -0.05) is 54.1 Å². The topological polar surface area (TPSA) is 94.6 Å². The van der Waals surface area contributed by atoms with Crippen molar-refractivity contribution < 1.29 is 19.0 Å². The van der Waals surface area contributed by atoms with E-state index in [-0.39, 0.29) is 23.8 Å². The van der Waals surface area contributed by atoms with Crippen LogP contribution in [0, 0.1) is 18.3 Å². The minimum atomic E-state index is -0.562. The normalized spacial score (nSPS) is 14.7. The van der Waals surface area contributed by atoms with Crippen molar-refractivity contribution >= 4 is 17.6 Å². The molecule has 1 atom stereocenters. The molecule has 2 N–H and O–H groups in total. The van der Waals surface area contributed by atoms with E-state index in [1.54, 1.807) is 30.3 Å². The number of carbonyl (C=O) groups excluding carboxylic acids is 1. The second-order valence-corrected chi connectivity index (χ2v) is 7.58. The van der Waals surface area contributed by atoms with Crippen LogP contribution in [0.3, 0.4) is 0 Å². The van der Waals surface area contributed by atoms with Gasteiger partial charge in [-0.25, -0.2) is 4.79 Å². The number of nitrogens with two attached hydrogens (primary N) is 1. The summed E-state index contributed by atoms with van der Waals surface area (Å²) >= 11 is 6.39. The van der Waals surface area contributed by atoms with Crippen molar-refractivity contribution in [1.82, 2.24) is 0 Å². The number of para-hydroxylation sites is 1. The lowest BCUT2D eigenvalue weighted by Crippen LogP contribution is -2.22. The monoisotopic (exact) mass is 446 g/mol. The number of hydrogen-bond donors (Lipinski definition) is 1. The van der Waals surface area contributed by atoms with E-state index in [2.05, 4.69) is 6.07 Å². The van der Waals surface area contributed by atoms with E-state index in [0.29, 0.717) is 22.1 Å². The van der Waals surface area contributed by atoms with Gasteiger partial charge in [0.05, 0.1) is 5.92 Å². The molecule has 0 saturated carbocycles. The molecule has 4 rings (SSSR count). The molecule has 3 aromatic rings. The Kier molecular flexibility index (Phi) is 6.02. The van der Waals surface area contributed by atoms with E-state index >= 15 is 0 Å². The van der Waals surface area contributed by atoms with Gasteiger partial charge in [0.1, 0.15) is 28.9 Å². The minimum Gasteiger partial charge on any atom is -0.482 e. The Balaban J connectivity index is 1.57. The van der Waals surface area contributed by atoms with Crippen molar-refractivity contribution in [2.75, 3.05) is 6.61 Å². The average molecular weight is 447 g/mol. The number of ether oxygens (including phenoxy) is 3. The van der Waals surface area contributed by atoms with E-state index in [1.165, 1.54) is 0 Å². The van der Waals surface area contributed by atoms with Gasteiger partial charge in [-0.2, -0.15) is 5.26 Å². The van der Waals surface area contributed by atoms with Crippen LogP contribution in [0.5, 0.6) is 17.2 Å². The fourth-order valence-electron chi connectivity index (χ4n) is 3.54. The number of halogens is 1. The van der Waals surface area contributed by atoms with E-state index in [9.17, 15) is 10.1 Å². The third-order valence-corrected chi connectivity index (χ3v) is 5.42. The number of allylic oxidation sites excluding steroid dienone is 1. The Hall–Kier alpha value is -3.95. The molecule has 0 aromatic heterocycles. The number of esters is 1. The third-order valence-electron chi connectivity index (χ3n) is 5.08. The molecular weight excluding hydrogens is 428 g/mol. The number of nitriles is 1. The van der Waals surface area contributed by atoms with Gasteiger partial charge < -0.3 is 19.9 Å². The number of carbonyl (C=O) groups is 1. The molecule has 1 unspecified atom stereocenters. The van der Waals surface area contributed by atoms with Crippen molar-refractivity contribution in [3.8, 4) is 23.3 Å². The summed E-state index contributed by atoms with van der Waals surface area (Å²) in [6.07, 6.45) is 0. The summed E-state index contributed by atoms with van der Waals surface area (Å²) < 4.78 is 16.6. The van der Waals surface area contributed by atoms with Crippen LogP contribution in [0.1, 0.15) is 22.6 Å². The minimum absolute atomic E-state index is 0.0173. The molecular formula is C25H19ClN2O4. The number of fused-ring (bicyclic) bond motifs is 1. The van der Waals surface area contributed by atoms with Crippen LogP contribution >= 0.6 is 11.6 Å². The molecule has 160 valence electrons. The van der Waals surface area contributed by atoms with Gasteiger partial charge >= 0.3 is 5.97 Å². The molecule has 1 aliphatic heterocycles. The van der Waals surface area contributed by atoms with Crippen LogP contribution in [0.25, 0.3) is 0 Å². The maximum absolute atomic E-state index is 12.3. The van der Waals surface area contributed by atoms with E-state index in [1.807, 2.05) is 43.3 Å². The zero-order chi connectivity index (χ0) is 22.7. The van der Waals surface area contributed by atoms with Gasteiger partial charge in [0.25, 0.3) is 0 Å². The maximum atomic E-state index is 12.3. The lowest BCUT2D eigenvalue weighted by Gasteiger charge is -2.27. The predicted octanol–water partition coefficient (Wildman–Crippen LogP) is 4.85. The zero-order valence-electron chi connectivity index (χ0n) is 17.2. The Labute approximate surface area is 190 Å². The van der Waals surface area contributed by atoms with Crippen LogP contribution in [0.15, 0.2) is 78.2 Å². The third kappa shape index (κ3) is 4.25. The second kappa shape index (κ2) is 9.04. The molecule has 0 saturated heterocycles. The summed E-state index contributed by atoms with van der Waals surface area (Å²) in [4.78, 5) is 12.3. The molecule has 1 aliphatic rings. The molecule has 6 nitrogen and oxygen atoms in total. The SMILES string of the molecule is Cc1ccccc1OCC(=O)Oc1ccc2c(c1)OC(N)=C(C#N)C2c1ccccc1Cl. The van der Waals surface area contributed by atoms with Gasteiger partial charge in [0, 0.05) is 16.7 Å². The molecule has 7 heteroatoms. The van der Waals surface area contributed by atoms with Gasteiger partial charge in [-0.05, 0) is 36.2 Å². The first-order valence-electron chi connectivity index (χ1n) is 9.83. The zero-order valence-corrected chi connectivity index (χ0v) is 17.9. The Morgan fingerprint density at radius 3 is 2.62 bits per heavy atom. The summed E-state index contributed by atoms with van der Waals surface area (Å²) in [6, 6.07) is 21.7. The van der Waals surface area contributed by atoms with Crippen LogP contribution in [-0.4, -0.2) is 12.6 Å². The van der Waals surface area contributed by atoms with Crippen molar-refractivity contribution in [3.63, 3.8) is 0 Å². The molecule has 1 heterocycles. The molecule has 32 heavy (non-hydrogen) atoms. The van der Waals surface area contributed by atoms with Crippen molar-refractivity contribution in [3.05, 3.63) is 99.9 Å². The quantitative estimate of drug-likeness (QED) is 0.444. The van der Waals surface area contributed by atoms with Gasteiger partial charge in [-0.15, -0.1) is 0 Å². The number of hydrogen-bond acceptors (Lipinski definition) is 6. The first-order chi connectivity index (χ1) is 15.5. The highest BCUT2D eigenvalue weighted by Crippen LogP contribution is 2.45. The van der Waals surface area contributed by atoms with Crippen molar-refractivity contribution in [1.29, 1.82) is 5.26 Å². The second-order valence-electron chi connectivity index (χ2n) is 7.17. The average Bonchev–Trinajstić information content (AvgIpc) is 2.78. The Morgan fingerprint density at radius 2 is 1.88 bits per heavy atom. The Morgan fingerprint density at radius 1 is 1.12 bits per heavy atom. The summed E-state index contributed by atoms with van der Waals surface area (Å²) in [5, 5.41) is 10.2. The lowest BCUT2D eigenvalue weighted by atomic mass is 9.83. The van der Waals surface area contributed by atoms with Gasteiger partial charge in [-0.3, -0.25) is 0 Å². The first kappa shape index (κ1) is 21.3. The smallest absolute Gasteiger partial charge is 0.349 e. The molecule has 3 aromatic carbocycles. The lowest BCUT2D eigenvalue weighted by molar-refractivity contribution is -0.136. The fourth-order valence-corrected chi connectivity index (χ4v) is 3.79. The predicted molar refractivity (Wildman–Crippen MR) is 120 cm³/mol. The highest BCUT2D eigenvalue weighted by molar-refractivity contribution is 6.31. The standard InChI is InChI=1S/C25H19ClN2O4/c1-15-6-2-5-9-21(15)30-14-23(29)31-16-10-11-18-22(12-16)32-25(28)19(13-27)24(18)17-7-3-4-8-20(17)26/h2-12,24H,14,28H2,1H3. The van der Waals surface area contributed by atoms with Crippen LogP contribution in [0.4, 0.5) is 0 Å². The van der Waals surface area contributed by atoms with E-state index in [0.717, 1.165) is 11.1 Å².